The molecule has 3 N–H and O–H groups in total. The number of hydrogen-bond acceptors (Lipinski definition) is 5. The first-order valence-electron chi connectivity index (χ1n) is 9.46. The van der Waals surface area contributed by atoms with Gasteiger partial charge in [-0.3, -0.25) is 9.59 Å². The lowest BCUT2D eigenvalue weighted by Gasteiger charge is -2.24. The number of nitrogens with one attached hydrogen (secondary N) is 3. The molecule has 2 heterocycles. The molecule has 30 heavy (non-hydrogen) atoms. The first-order valence-corrected chi connectivity index (χ1v) is 12.4. The minimum absolute atomic E-state index is 0.0851. The van der Waals surface area contributed by atoms with Crippen molar-refractivity contribution in [1.82, 2.24) is 14.6 Å². The second-order valence-electron chi connectivity index (χ2n) is 6.68. The van der Waals surface area contributed by atoms with Crippen molar-refractivity contribution in [1.29, 1.82) is 0 Å². The molecule has 0 radical (unpaired) electrons. The molecule has 1 aliphatic heterocycles. The summed E-state index contributed by atoms with van der Waals surface area (Å²) in [5, 5.41) is 6.03. The van der Waals surface area contributed by atoms with Crippen molar-refractivity contribution in [2.75, 3.05) is 36.5 Å². The Balaban J connectivity index is 1.44. The van der Waals surface area contributed by atoms with Crippen LogP contribution in [0.25, 0.3) is 0 Å². The van der Waals surface area contributed by atoms with Gasteiger partial charge in [0, 0.05) is 54.5 Å². The smallest absolute Gasteiger partial charge is 0.267 e. The Morgan fingerprint density at radius 3 is 2.57 bits per heavy atom. The average Bonchev–Trinajstić information content (AvgIpc) is 3.25. The summed E-state index contributed by atoms with van der Waals surface area (Å²) in [7, 11) is -3.60. The van der Waals surface area contributed by atoms with Crippen LogP contribution >= 0.6 is 23.4 Å². The van der Waals surface area contributed by atoms with Gasteiger partial charge in [0.05, 0.1) is 0 Å². The predicted molar refractivity (Wildman–Crippen MR) is 119 cm³/mol. The van der Waals surface area contributed by atoms with E-state index < -0.39 is 15.9 Å². The van der Waals surface area contributed by atoms with Crippen LogP contribution in [-0.4, -0.2) is 60.7 Å². The molecule has 1 aromatic carbocycles. The molecule has 0 unspecified atom stereocenters. The molecule has 1 fully saturated rings. The summed E-state index contributed by atoms with van der Waals surface area (Å²) >= 11 is 7.53. The first kappa shape index (κ1) is 22.7. The lowest BCUT2D eigenvalue weighted by molar-refractivity contribution is -0.116. The second kappa shape index (κ2) is 10.3. The highest BCUT2D eigenvalue weighted by Gasteiger charge is 2.27. The van der Waals surface area contributed by atoms with Crippen LogP contribution < -0.4 is 10.6 Å². The lowest BCUT2D eigenvalue weighted by atomic mass is 10.2. The van der Waals surface area contributed by atoms with Gasteiger partial charge < -0.3 is 15.6 Å². The monoisotopic (exact) mass is 470 g/mol. The number of carbonyl (C=O) groups is 2. The Labute approximate surface area is 184 Å². The van der Waals surface area contributed by atoms with Gasteiger partial charge >= 0.3 is 0 Å². The summed E-state index contributed by atoms with van der Waals surface area (Å²) in [6.07, 6.45) is 2.02. The molecule has 1 aromatic heterocycles. The van der Waals surface area contributed by atoms with E-state index in [0.29, 0.717) is 30.2 Å². The quantitative estimate of drug-likeness (QED) is 0.513. The fraction of sp³-hybridized carbons (Fsp3) is 0.368. The maximum Gasteiger partial charge on any atom is 0.267 e. The van der Waals surface area contributed by atoms with Gasteiger partial charge in [-0.25, -0.2) is 8.42 Å². The maximum atomic E-state index is 12.6. The molecular weight excluding hydrogens is 448 g/mol. The van der Waals surface area contributed by atoms with Crippen LogP contribution in [0.15, 0.2) is 41.4 Å². The van der Waals surface area contributed by atoms with Crippen LogP contribution in [0.5, 0.6) is 0 Å². The topological polar surface area (TPSA) is 111 Å². The number of benzene rings is 1. The van der Waals surface area contributed by atoms with Gasteiger partial charge in [-0.1, -0.05) is 11.6 Å². The van der Waals surface area contributed by atoms with Crippen molar-refractivity contribution >= 4 is 50.9 Å². The lowest BCUT2D eigenvalue weighted by Crippen LogP contribution is -2.37. The van der Waals surface area contributed by atoms with Gasteiger partial charge in [-0.2, -0.15) is 16.1 Å². The van der Waals surface area contributed by atoms with Crippen LogP contribution in [0.2, 0.25) is 5.02 Å². The molecule has 0 bridgehead atoms. The number of thioether (sulfide) groups is 1. The largest absolute Gasteiger partial charge is 0.356 e. The minimum atomic E-state index is -3.60. The second-order valence-corrected chi connectivity index (χ2v) is 10.3. The number of H-pyrrole nitrogens is 1. The van der Waals surface area contributed by atoms with Crippen molar-refractivity contribution in [2.45, 2.75) is 17.7 Å². The van der Waals surface area contributed by atoms with Crippen molar-refractivity contribution in [3.05, 3.63) is 47.2 Å². The Hall–Kier alpha value is -2.01. The van der Waals surface area contributed by atoms with Crippen molar-refractivity contribution in [3.8, 4) is 0 Å². The molecule has 11 heteroatoms. The Morgan fingerprint density at radius 1 is 1.17 bits per heavy atom. The number of halogens is 1. The van der Waals surface area contributed by atoms with Crippen molar-refractivity contribution in [3.63, 3.8) is 0 Å². The van der Waals surface area contributed by atoms with Gasteiger partial charge in [0.25, 0.3) is 5.91 Å². The SMILES string of the molecule is O=C(CCCNC(=O)c1cc(S(=O)(=O)N2CCSCC2)c[nH]1)Nc1ccc(Cl)cc1. The van der Waals surface area contributed by atoms with Gasteiger partial charge in [-0.15, -0.1) is 0 Å². The van der Waals surface area contributed by atoms with Crippen LogP contribution in [0.4, 0.5) is 5.69 Å². The first-order chi connectivity index (χ1) is 14.4. The number of nitrogens with zero attached hydrogens (tertiary/aromatic N) is 1. The van der Waals surface area contributed by atoms with E-state index in [1.54, 1.807) is 36.0 Å². The molecule has 1 aliphatic rings. The van der Waals surface area contributed by atoms with Crippen LogP contribution in [0.3, 0.4) is 0 Å². The molecule has 0 atom stereocenters. The maximum absolute atomic E-state index is 12.6. The molecule has 0 saturated carbocycles. The summed E-state index contributed by atoms with van der Waals surface area (Å²) < 4.78 is 26.7. The zero-order valence-electron chi connectivity index (χ0n) is 16.2. The highest BCUT2D eigenvalue weighted by atomic mass is 35.5. The molecule has 8 nitrogen and oxygen atoms in total. The summed E-state index contributed by atoms with van der Waals surface area (Å²) in [6.45, 7) is 1.23. The predicted octanol–water partition coefficient (Wildman–Crippen LogP) is 2.55. The van der Waals surface area contributed by atoms with Crippen LogP contribution in [0.1, 0.15) is 23.3 Å². The summed E-state index contributed by atoms with van der Waals surface area (Å²) in [5.74, 6) is 0.953. The number of aromatic amines is 1. The third-order valence-electron chi connectivity index (χ3n) is 4.50. The molecule has 3 rings (SSSR count). The fourth-order valence-electron chi connectivity index (χ4n) is 2.89. The van der Waals surface area contributed by atoms with E-state index in [-0.39, 0.29) is 29.5 Å². The Bertz CT molecular complexity index is 986. The van der Waals surface area contributed by atoms with E-state index in [0.717, 1.165) is 11.5 Å². The zero-order valence-corrected chi connectivity index (χ0v) is 18.6. The standard InChI is InChI=1S/C19H23ClN4O4S2/c20-14-3-5-15(6-4-14)23-18(25)2-1-7-21-19(26)17-12-16(13-22-17)30(27,28)24-8-10-29-11-9-24/h3-6,12-13,22H,1-2,7-11H2,(H,21,26)(H,23,25). The number of carbonyl (C=O) groups excluding carboxylic acids is 2. The Morgan fingerprint density at radius 2 is 1.87 bits per heavy atom. The summed E-state index contributed by atoms with van der Waals surface area (Å²) in [4.78, 5) is 27.0. The molecule has 2 amide bonds. The number of hydrogen-bond donors (Lipinski definition) is 3. The van der Waals surface area contributed by atoms with Crippen molar-refractivity contribution in [2.24, 2.45) is 0 Å². The van der Waals surface area contributed by atoms with Crippen molar-refractivity contribution < 1.29 is 18.0 Å². The third kappa shape index (κ3) is 6.00. The zero-order chi connectivity index (χ0) is 21.6. The number of amides is 2. The van der Waals surface area contributed by atoms with Crippen LogP contribution in [-0.2, 0) is 14.8 Å². The highest BCUT2D eigenvalue weighted by molar-refractivity contribution is 7.99. The van der Waals surface area contributed by atoms with Gasteiger partial charge in [0.1, 0.15) is 10.6 Å². The number of rotatable bonds is 8. The number of sulfonamides is 1. The van der Waals surface area contributed by atoms with E-state index in [1.165, 1.54) is 16.6 Å². The molecule has 2 aromatic rings. The molecule has 162 valence electrons. The average molecular weight is 471 g/mol. The highest BCUT2D eigenvalue weighted by Crippen LogP contribution is 2.21. The summed E-state index contributed by atoms with van der Waals surface area (Å²) in [6, 6.07) is 8.14. The van der Waals surface area contributed by atoms with Gasteiger partial charge in [-0.05, 0) is 36.8 Å². The van der Waals surface area contributed by atoms with E-state index in [9.17, 15) is 18.0 Å². The Kier molecular flexibility index (Phi) is 7.81. The number of anilines is 1. The molecular formula is C19H23ClN4O4S2. The van der Waals surface area contributed by atoms with Gasteiger partial charge in [0.15, 0.2) is 0 Å². The fourth-order valence-corrected chi connectivity index (χ4v) is 5.59. The molecule has 1 saturated heterocycles. The molecule has 0 spiro atoms. The van der Waals surface area contributed by atoms with E-state index in [1.807, 2.05) is 0 Å². The number of aromatic nitrogens is 1. The normalized spacial score (nSPS) is 15.0. The van der Waals surface area contributed by atoms with E-state index in [4.69, 9.17) is 11.6 Å². The third-order valence-corrected chi connectivity index (χ3v) is 7.57. The van der Waals surface area contributed by atoms with E-state index >= 15 is 0 Å². The van der Waals surface area contributed by atoms with Gasteiger partial charge in [0.2, 0.25) is 15.9 Å². The summed E-state index contributed by atoms with van der Waals surface area (Å²) in [5.41, 5.74) is 0.825. The molecule has 0 aliphatic carbocycles. The van der Waals surface area contributed by atoms with Crippen LogP contribution in [0, 0.1) is 0 Å². The van der Waals surface area contributed by atoms with E-state index in [2.05, 4.69) is 15.6 Å². The minimum Gasteiger partial charge on any atom is -0.356 e.